The smallest absolute Gasteiger partial charge is 0.234 e. The zero-order chi connectivity index (χ0) is 101. The van der Waals surface area contributed by atoms with Crippen molar-refractivity contribution in [2.75, 3.05) is 26.2 Å². The van der Waals surface area contributed by atoms with Gasteiger partial charge in [0.15, 0.2) is 23.1 Å². The molecule has 16 rings (SSSR count). The number of Topliss-reactive ketones (excluding diaryl/α,β-unsaturated/α-hetero) is 4. The molecule has 0 saturated carbocycles. The zero-order valence-corrected chi connectivity index (χ0v) is 86.8. The van der Waals surface area contributed by atoms with Gasteiger partial charge in [-0.25, -0.2) is 19.9 Å². The first-order valence-electron chi connectivity index (χ1n) is 48.4. The van der Waals surface area contributed by atoms with Crippen molar-refractivity contribution >= 4 is 92.1 Å². The SMILES string of the molecule is Cc1cc([C@@H](C(=O)N2C[C@@H](O)C[C@H]2C(=O)C[C@@H](C)c2ccc(-c3scnc3C)cc2)C(C)C)on1.Cc1cc([C@@H](C(=O)N2C[C@H](O)C[C@H]2C(=O)C[C@@H](C)c2ccc(-c3scnc3C)cc2)C(C)C)on1.Cc1cc([C@H](C(=O)N2C[C@@H](O)C[C@H]2C(=O)C[C@@H](C)c2ccc(-c3scnc3C)cc2)C(C)C)on1.Cc1cc([C@H](C(=O)N2C[C@H](O)C[C@H]2C(=O)C[C@@H](C)c2ccc(-c3scnc3C)cc2)C(C)C)on1. The number of ketones is 4. The van der Waals surface area contributed by atoms with Crippen LogP contribution in [0.5, 0.6) is 0 Å². The third-order valence-corrected chi connectivity index (χ3v) is 31.2. The van der Waals surface area contributed by atoms with E-state index in [1.165, 1.54) is 0 Å². The second-order valence-corrected chi connectivity index (χ2v) is 43.2. The minimum Gasteiger partial charge on any atom is -0.391 e. The molecule has 4 aromatic carbocycles. The van der Waals surface area contributed by atoms with E-state index in [4.69, 9.17) is 18.1 Å². The van der Waals surface area contributed by atoms with Crippen LogP contribution in [0.25, 0.3) is 41.8 Å². The van der Waals surface area contributed by atoms with E-state index in [-0.39, 0.29) is 146 Å². The Hall–Kier alpha value is -11.4. The number of β-amino-alcohol motifs (C(OH)–C–C–N with tert-alkyl or cyclic N) is 4. The maximum Gasteiger partial charge on any atom is 0.234 e. The molecule has 140 heavy (non-hydrogen) atoms. The molecule has 0 aliphatic carbocycles. The third kappa shape index (κ3) is 25.4. The quantitative estimate of drug-likeness (QED) is 0.0304. The minimum absolute atomic E-state index is 0.00776. The van der Waals surface area contributed by atoms with Gasteiger partial charge >= 0.3 is 0 Å². The van der Waals surface area contributed by atoms with Crippen molar-refractivity contribution in [2.24, 2.45) is 23.7 Å². The first-order chi connectivity index (χ1) is 66.6. The summed E-state index contributed by atoms with van der Waals surface area (Å²) in [5.41, 5.74) is 23.0. The van der Waals surface area contributed by atoms with E-state index < -0.39 is 72.3 Å². The van der Waals surface area contributed by atoms with Crippen LogP contribution in [-0.2, 0) is 38.4 Å². The first kappa shape index (κ1) is 106. The van der Waals surface area contributed by atoms with Crippen LogP contribution in [0.15, 0.2) is 161 Å². The molecule has 0 radical (unpaired) electrons. The van der Waals surface area contributed by atoms with E-state index in [0.717, 1.165) is 86.8 Å². The fraction of sp³-hybridized carbons (Fsp3) is 0.481. The molecule has 28 nitrogen and oxygen atoms in total. The van der Waals surface area contributed by atoms with Crippen molar-refractivity contribution in [3.8, 4) is 41.8 Å². The number of thiazole rings is 4. The van der Waals surface area contributed by atoms with Crippen LogP contribution >= 0.6 is 45.3 Å². The lowest BCUT2D eigenvalue weighted by molar-refractivity contribution is -0.140. The van der Waals surface area contributed by atoms with Crippen LogP contribution in [0.3, 0.4) is 0 Å². The molecular weight excluding hydrogens is 1850 g/mol. The molecule has 32 heteroatoms. The molecule has 4 N–H and O–H groups in total. The number of aliphatic hydroxyl groups excluding tert-OH is 4. The number of likely N-dealkylation sites (tertiary alicyclic amines) is 4. The molecule has 8 aromatic heterocycles. The maximum absolute atomic E-state index is 13.6. The summed E-state index contributed by atoms with van der Waals surface area (Å²) in [5.74, 6) is -1.24. The van der Waals surface area contributed by atoms with Gasteiger partial charge in [-0.15, -0.1) is 45.3 Å². The van der Waals surface area contributed by atoms with Crippen molar-refractivity contribution in [3.63, 3.8) is 0 Å². The number of nitrogens with zero attached hydrogens (tertiary/aromatic N) is 12. The summed E-state index contributed by atoms with van der Waals surface area (Å²) in [6.07, 6.45) is -0.596. The van der Waals surface area contributed by atoms with Crippen molar-refractivity contribution in [3.05, 3.63) is 234 Å². The standard InChI is InChI=1S/4C27H33N3O4S/c4*1-15(2)25(24-11-17(4)29-34-24)27(33)30-13-21(31)12-22(30)23(32)10-16(3)19-6-8-20(9-7-19)26-18(5)28-14-35-26/h4*6-9,11,14-16,21-22,25,31H,10,12-13H2,1-5H3/t16-,21+,22+,25+;16-,21+,22+,25-;16-,21-,22+,25+;16-,21-,22+,25-/m1111/s1. The lowest BCUT2D eigenvalue weighted by Crippen LogP contribution is -2.44. The molecule has 0 unspecified atom stereocenters. The van der Waals surface area contributed by atoms with Gasteiger partial charge in [0.1, 0.15) is 46.7 Å². The Bertz CT molecular complexity index is 5480. The van der Waals surface area contributed by atoms with Crippen LogP contribution in [-0.4, -0.2) is 202 Å². The Morgan fingerprint density at radius 1 is 0.300 bits per heavy atom. The van der Waals surface area contributed by atoms with E-state index in [1.54, 1.807) is 89.2 Å². The Kier molecular flexibility index (Phi) is 35.6. The molecule has 4 fully saturated rings. The summed E-state index contributed by atoms with van der Waals surface area (Å²) >= 11 is 6.46. The number of hydrogen-bond donors (Lipinski definition) is 4. The van der Waals surface area contributed by atoms with Crippen LogP contribution in [0, 0.1) is 79.1 Å². The van der Waals surface area contributed by atoms with Gasteiger partial charge < -0.3 is 58.1 Å². The molecule has 744 valence electrons. The number of benzene rings is 4. The Labute approximate surface area is 835 Å². The van der Waals surface area contributed by atoms with Crippen molar-refractivity contribution in [2.45, 2.75) is 286 Å². The van der Waals surface area contributed by atoms with E-state index in [1.807, 2.05) is 161 Å². The zero-order valence-electron chi connectivity index (χ0n) is 83.6. The van der Waals surface area contributed by atoms with Crippen LogP contribution in [0.1, 0.15) is 273 Å². The Morgan fingerprint density at radius 2 is 0.479 bits per heavy atom. The van der Waals surface area contributed by atoms with E-state index in [9.17, 15) is 58.8 Å². The van der Waals surface area contributed by atoms with Crippen molar-refractivity contribution < 1.29 is 76.9 Å². The highest BCUT2D eigenvalue weighted by Crippen LogP contribution is 2.42. The maximum atomic E-state index is 13.6. The van der Waals surface area contributed by atoms with Gasteiger partial charge in [-0.05, 0) is 147 Å². The first-order valence-corrected chi connectivity index (χ1v) is 51.9. The molecule has 0 bridgehead atoms. The number of aromatic nitrogens is 8. The molecule has 4 amide bonds. The average Bonchev–Trinajstić information content (AvgIpc) is 1.44. The van der Waals surface area contributed by atoms with Crippen LogP contribution in [0.4, 0.5) is 0 Å². The normalized spacial score (nSPS) is 19.8. The van der Waals surface area contributed by atoms with E-state index >= 15 is 0 Å². The van der Waals surface area contributed by atoms with Gasteiger partial charge in [0, 0.05) is 102 Å². The van der Waals surface area contributed by atoms with Crippen molar-refractivity contribution in [1.29, 1.82) is 0 Å². The number of hydrogen-bond acceptors (Lipinski definition) is 28. The second kappa shape index (κ2) is 47.0. The highest BCUT2D eigenvalue weighted by molar-refractivity contribution is 7.14. The van der Waals surface area contributed by atoms with Gasteiger partial charge in [-0.1, -0.05) is 201 Å². The fourth-order valence-corrected chi connectivity index (χ4v) is 22.9. The highest BCUT2D eigenvalue weighted by Gasteiger charge is 2.49. The topological polar surface area (TPSA) is 386 Å². The summed E-state index contributed by atoms with van der Waals surface area (Å²) in [7, 11) is 0. The lowest BCUT2D eigenvalue weighted by atomic mass is 9.89. The van der Waals surface area contributed by atoms with Gasteiger partial charge in [0.25, 0.3) is 0 Å². The summed E-state index contributed by atoms with van der Waals surface area (Å²) in [4.78, 5) is 136. The van der Waals surface area contributed by atoms with Gasteiger partial charge in [0.2, 0.25) is 23.6 Å². The molecule has 4 saturated heterocycles. The molecular formula is C108H132N12O16S4. The number of rotatable bonds is 32. The van der Waals surface area contributed by atoms with Crippen LogP contribution < -0.4 is 0 Å². The number of aryl methyl sites for hydroxylation is 8. The lowest BCUT2D eigenvalue weighted by Gasteiger charge is -2.29. The minimum atomic E-state index is -0.714. The summed E-state index contributed by atoms with van der Waals surface area (Å²) in [6, 6.07) is 37.5. The largest absolute Gasteiger partial charge is 0.391 e. The van der Waals surface area contributed by atoms with Crippen LogP contribution in [0.2, 0.25) is 0 Å². The van der Waals surface area contributed by atoms with E-state index in [0.29, 0.717) is 71.5 Å². The fourth-order valence-electron chi connectivity index (χ4n) is 19.6. The summed E-state index contributed by atoms with van der Waals surface area (Å²) < 4.78 is 21.6. The Balaban J connectivity index is 0.000000157. The third-order valence-electron chi connectivity index (χ3n) is 27.3. The Morgan fingerprint density at radius 3 is 0.621 bits per heavy atom. The highest BCUT2D eigenvalue weighted by atomic mass is 32.1. The molecule has 16 atom stereocenters. The number of carbonyl (C=O) groups is 8. The van der Waals surface area contributed by atoms with Gasteiger partial charge in [-0.3, -0.25) is 38.4 Å². The second-order valence-electron chi connectivity index (χ2n) is 39.8. The summed E-state index contributed by atoms with van der Waals surface area (Å²) in [5, 5.41) is 57.2. The molecule has 4 aliphatic rings. The molecule has 12 aromatic rings. The van der Waals surface area contributed by atoms with Gasteiger partial charge in [0.05, 0.1) is 136 Å². The average molecular weight is 1980 g/mol. The number of carbonyl (C=O) groups excluding carboxylic acids is 8. The van der Waals surface area contributed by atoms with Crippen molar-refractivity contribution in [1.82, 2.24) is 60.2 Å². The molecule has 12 heterocycles. The predicted octanol–water partition coefficient (Wildman–Crippen LogP) is 19.5. The van der Waals surface area contributed by atoms with Gasteiger partial charge in [-0.2, -0.15) is 0 Å². The number of aliphatic hydroxyl groups is 4. The predicted molar refractivity (Wildman–Crippen MR) is 541 cm³/mol. The molecule has 4 aliphatic heterocycles. The molecule has 0 spiro atoms. The van der Waals surface area contributed by atoms with E-state index in [2.05, 4.69) is 138 Å². The monoisotopic (exact) mass is 1980 g/mol. The summed E-state index contributed by atoms with van der Waals surface area (Å²) in [6.45, 7) is 39.5. The number of amides is 4.